The van der Waals surface area contributed by atoms with Crippen LogP contribution in [-0.2, 0) is 9.53 Å². The predicted octanol–water partition coefficient (Wildman–Crippen LogP) is 2.72. The quantitative estimate of drug-likeness (QED) is 0.823. The summed E-state index contributed by atoms with van der Waals surface area (Å²) in [6.45, 7) is 1.74. The van der Waals surface area contributed by atoms with Gasteiger partial charge in [-0.1, -0.05) is 12.1 Å². The first kappa shape index (κ1) is 12.9. The van der Waals surface area contributed by atoms with Crippen molar-refractivity contribution in [2.75, 3.05) is 13.2 Å². The van der Waals surface area contributed by atoms with E-state index in [9.17, 15) is 13.9 Å². The Labute approximate surface area is 106 Å². The van der Waals surface area contributed by atoms with Crippen LogP contribution >= 0.6 is 10.6 Å². The molecule has 98 valence electrons. The van der Waals surface area contributed by atoms with E-state index >= 15 is 0 Å². The zero-order valence-corrected chi connectivity index (χ0v) is 10.6. The van der Waals surface area contributed by atoms with Crippen molar-refractivity contribution in [2.24, 2.45) is 0 Å². The number of ether oxygens (including phenoxy) is 2. The number of benzene rings is 1. The van der Waals surface area contributed by atoms with Gasteiger partial charge in [0.05, 0.1) is 6.61 Å². The summed E-state index contributed by atoms with van der Waals surface area (Å²) < 4.78 is 29.7. The van der Waals surface area contributed by atoms with E-state index in [4.69, 9.17) is 9.47 Å². The van der Waals surface area contributed by atoms with Gasteiger partial charge in [-0.15, -0.1) is 10.6 Å². The standard InChI is InChI=1S/C12H14O5S/c1-2-16-11(13)8-17-10-5-3-4-9-6-7-18(14,15)12(9)10/h3-7,14-15H,2,8H2,1H3. The molecular formula is C12H14O5S. The molecule has 0 radical (unpaired) electrons. The lowest BCUT2D eigenvalue weighted by Crippen LogP contribution is -2.15. The van der Waals surface area contributed by atoms with Gasteiger partial charge in [-0.3, -0.25) is 9.11 Å². The molecular weight excluding hydrogens is 256 g/mol. The monoisotopic (exact) mass is 270 g/mol. The van der Waals surface area contributed by atoms with Crippen molar-refractivity contribution in [2.45, 2.75) is 11.8 Å². The molecule has 2 rings (SSSR count). The van der Waals surface area contributed by atoms with Crippen LogP contribution in [0, 0.1) is 0 Å². The predicted molar refractivity (Wildman–Crippen MR) is 68.7 cm³/mol. The van der Waals surface area contributed by atoms with Crippen LogP contribution in [0.3, 0.4) is 0 Å². The minimum Gasteiger partial charge on any atom is -0.480 e. The largest absolute Gasteiger partial charge is 0.480 e. The van der Waals surface area contributed by atoms with Crippen LogP contribution in [0.1, 0.15) is 12.5 Å². The van der Waals surface area contributed by atoms with Crippen LogP contribution in [0.2, 0.25) is 0 Å². The molecule has 18 heavy (non-hydrogen) atoms. The molecule has 1 aliphatic heterocycles. The molecule has 0 spiro atoms. The van der Waals surface area contributed by atoms with Gasteiger partial charge in [0.1, 0.15) is 10.6 Å². The molecule has 1 aromatic rings. The minimum absolute atomic E-state index is 0.250. The highest BCUT2D eigenvalue weighted by molar-refractivity contribution is 8.27. The van der Waals surface area contributed by atoms with Gasteiger partial charge in [-0.2, -0.15) is 0 Å². The maximum atomic E-state index is 11.2. The lowest BCUT2D eigenvalue weighted by molar-refractivity contribution is -0.145. The summed E-state index contributed by atoms with van der Waals surface area (Å²) in [7, 11) is -2.95. The Kier molecular flexibility index (Phi) is 3.60. The fourth-order valence-corrected chi connectivity index (χ4v) is 3.05. The van der Waals surface area contributed by atoms with Crippen LogP contribution in [0.5, 0.6) is 5.75 Å². The maximum absolute atomic E-state index is 11.2. The average molecular weight is 270 g/mol. The molecule has 0 unspecified atom stereocenters. The van der Waals surface area contributed by atoms with Crippen LogP contribution in [0.25, 0.3) is 6.08 Å². The zero-order valence-electron chi connectivity index (χ0n) is 9.83. The van der Waals surface area contributed by atoms with Gasteiger partial charge in [0.2, 0.25) is 0 Å². The Morgan fingerprint density at radius 2 is 2.17 bits per heavy atom. The smallest absolute Gasteiger partial charge is 0.344 e. The Morgan fingerprint density at radius 1 is 1.39 bits per heavy atom. The second-order valence-electron chi connectivity index (χ2n) is 3.66. The van der Waals surface area contributed by atoms with Crippen molar-refractivity contribution in [3.05, 3.63) is 29.2 Å². The van der Waals surface area contributed by atoms with Crippen molar-refractivity contribution in [3.8, 4) is 5.75 Å². The van der Waals surface area contributed by atoms with E-state index in [1.807, 2.05) is 0 Å². The third-order valence-electron chi connectivity index (χ3n) is 2.40. The van der Waals surface area contributed by atoms with E-state index in [-0.39, 0.29) is 13.2 Å². The Hall–Kier alpha value is -1.50. The Balaban J connectivity index is 2.17. The Bertz CT molecular complexity index is 495. The second-order valence-corrected chi connectivity index (χ2v) is 5.53. The number of carbonyl (C=O) groups is 1. The van der Waals surface area contributed by atoms with Gasteiger partial charge in [-0.25, -0.2) is 4.79 Å². The number of carbonyl (C=O) groups excluding carboxylic acids is 1. The lowest BCUT2D eigenvalue weighted by atomic mass is 10.2. The van der Waals surface area contributed by atoms with Gasteiger partial charge < -0.3 is 9.47 Å². The molecule has 0 saturated carbocycles. The van der Waals surface area contributed by atoms with Crippen molar-refractivity contribution in [1.29, 1.82) is 0 Å². The van der Waals surface area contributed by atoms with E-state index < -0.39 is 16.6 Å². The highest BCUT2D eigenvalue weighted by Gasteiger charge is 2.26. The van der Waals surface area contributed by atoms with Gasteiger partial charge >= 0.3 is 5.97 Å². The third kappa shape index (κ3) is 2.50. The summed E-state index contributed by atoms with van der Waals surface area (Å²) in [6.07, 6.45) is 1.63. The molecule has 2 N–H and O–H groups in total. The summed E-state index contributed by atoms with van der Waals surface area (Å²) in [6, 6.07) is 5.08. The summed E-state index contributed by atoms with van der Waals surface area (Å²) in [4.78, 5) is 11.5. The van der Waals surface area contributed by atoms with E-state index in [2.05, 4.69) is 0 Å². The first-order valence-electron chi connectivity index (χ1n) is 5.42. The van der Waals surface area contributed by atoms with Gasteiger partial charge in [0.15, 0.2) is 6.61 Å². The molecule has 6 heteroatoms. The van der Waals surface area contributed by atoms with Crippen molar-refractivity contribution in [3.63, 3.8) is 0 Å². The maximum Gasteiger partial charge on any atom is 0.344 e. The molecule has 0 aliphatic carbocycles. The van der Waals surface area contributed by atoms with Crippen molar-refractivity contribution in [1.82, 2.24) is 0 Å². The summed E-state index contributed by atoms with van der Waals surface area (Å²) in [5, 5.41) is 1.34. The fourth-order valence-electron chi connectivity index (χ4n) is 1.67. The number of rotatable bonds is 4. The van der Waals surface area contributed by atoms with Gasteiger partial charge in [-0.05, 0) is 19.1 Å². The molecule has 0 bridgehead atoms. The highest BCUT2D eigenvalue weighted by Crippen LogP contribution is 2.59. The number of esters is 1. The normalized spacial score (nSPS) is 17.1. The number of fused-ring (bicyclic) bond motifs is 1. The topological polar surface area (TPSA) is 76.0 Å². The molecule has 0 saturated heterocycles. The number of hydrogen-bond donors (Lipinski definition) is 2. The first-order chi connectivity index (χ1) is 8.54. The van der Waals surface area contributed by atoms with Crippen LogP contribution in [0.4, 0.5) is 0 Å². The van der Waals surface area contributed by atoms with Crippen LogP contribution < -0.4 is 4.74 Å². The molecule has 0 amide bonds. The summed E-state index contributed by atoms with van der Waals surface area (Å²) >= 11 is 0. The van der Waals surface area contributed by atoms with Crippen LogP contribution in [-0.4, -0.2) is 28.3 Å². The van der Waals surface area contributed by atoms with E-state index in [0.717, 1.165) is 0 Å². The first-order valence-corrected chi connectivity index (χ1v) is 7.03. The molecule has 1 heterocycles. The number of hydrogen-bond acceptors (Lipinski definition) is 5. The van der Waals surface area contributed by atoms with E-state index in [1.54, 1.807) is 31.2 Å². The van der Waals surface area contributed by atoms with Crippen molar-refractivity contribution >= 4 is 22.6 Å². The molecule has 0 atom stereocenters. The molecule has 0 fully saturated rings. The van der Waals surface area contributed by atoms with Crippen molar-refractivity contribution < 1.29 is 23.4 Å². The molecule has 5 nitrogen and oxygen atoms in total. The van der Waals surface area contributed by atoms with Gasteiger partial charge in [0, 0.05) is 11.0 Å². The zero-order chi connectivity index (χ0) is 13.2. The molecule has 1 aromatic carbocycles. The highest BCUT2D eigenvalue weighted by atomic mass is 32.3. The lowest BCUT2D eigenvalue weighted by Gasteiger charge is -2.27. The van der Waals surface area contributed by atoms with Gasteiger partial charge in [0.25, 0.3) is 0 Å². The SMILES string of the molecule is CCOC(=O)COc1cccc2c1S(O)(O)C=C2. The molecule has 0 aromatic heterocycles. The minimum atomic E-state index is -2.95. The van der Waals surface area contributed by atoms with E-state index in [1.165, 1.54) is 5.41 Å². The van der Waals surface area contributed by atoms with Crippen LogP contribution in [0.15, 0.2) is 28.5 Å². The van der Waals surface area contributed by atoms with E-state index in [0.29, 0.717) is 16.2 Å². The fraction of sp³-hybridized carbons (Fsp3) is 0.250. The average Bonchev–Trinajstić information content (AvgIpc) is 2.64. The third-order valence-corrected chi connectivity index (χ3v) is 3.95. The summed E-state index contributed by atoms with van der Waals surface area (Å²) in [5.74, 6) is -0.192. The second kappa shape index (κ2) is 5.01. The molecule has 1 aliphatic rings. The summed E-state index contributed by atoms with van der Waals surface area (Å²) in [5.41, 5.74) is 0.691. The Morgan fingerprint density at radius 3 is 2.89 bits per heavy atom.